The van der Waals surface area contributed by atoms with Crippen LogP contribution in [0.4, 0.5) is 0 Å². The Hall–Kier alpha value is -1.80. The first-order valence-electron chi connectivity index (χ1n) is 6.38. The summed E-state index contributed by atoms with van der Waals surface area (Å²) in [6.45, 7) is 5.85. The van der Waals surface area contributed by atoms with Crippen molar-refractivity contribution in [2.75, 3.05) is 6.54 Å². The highest BCUT2D eigenvalue weighted by Gasteiger charge is 2.27. The molecule has 0 spiro atoms. The van der Waals surface area contributed by atoms with Crippen molar-refractivity contribution in [3.63, 3.8) is 0 Å². The molecule has 1 amide bonds. The van der Waals surface area contributed by atoms with Gasteiger partial charge in [-0.1, -0.05) is 20.3 Å². The number of aliphatic hydroxyl groups is 1. The highest BCUT2D eigenvalue weighted by atomic mass is 16.3. The second kappa shape index (κ2) is 5.89. The van der Waals surface area contributed by atoms with Crippen molar-refractivity contribution in [2.45, 2.75) is 32.8 Å². The van der Waals surface area contributed by atoms with Gasteiger partial charge in [0.2, 0.25) is 0 Å². The summed E-state index contributed by atoms with van der Waals surface area (Å²) in [6, 6.07) is 3.53. The zero-order valence-corrected chi connectivity index (χ0v) is 11.9. The predicted molar refractivity (Wildman–Crippen MR) is 72.5 cm³/mol. The summed E-state index contributed by atoms with van der Waals surface area (Å²) in [7, 11) is 1.71. The fourth-order valence-corrected chi connectivity index (χ4v) is 1.82. The molecule has 2 N–H and O–H groups in total. The summed E-state index contributed by atoms with van der Waals surface area (Å²) in [5.74, 6) is -0.191. The molecular formula is C14H21N3O2. The van der Waals surface area contributed by atoms with Crippen LogP contribution in [0, 0.1) is 17.2 Å². The van der Waals surface area contributed by atoms with E-state index in [4.69, 9.17) is 5.26 Å². The molecule has 2 atom stereocenters. The van der Waals surface area contributed by atoms with E-state index in [0.29, 0.717) is 11.3 Å². The number of carbonyl (C=O) groups is 1. The van der Waals surface area contributed by atoms with E-state index in [2.05, 4.69) is 5.32 Å². The van der Waals surface area contributed by atoms with Crippen molar-refractivity contribution in [3.05, 3.63) is 23.5 Å². The molecule has 0 fully saturated rings. The Balaban J connectivity index is 2.71. The molecule has 5 nitrogen and oxygen atoms in total. The van der Waals surface area contributed by atoms with Crippen molar-refractivity contribution in [1.29, 1.82) is 5.26 Å². The lowest BCUT2D eigenvalue weighted by Crippen LogP contribution is -2.45. The minimum absolute atomic E-state index is 0.0934. The monoisotopic (exact) mass is 263 g/mol. The average Bonchev–Trinajstić information content (AvgIpc) is 2.76. The number of amides is 1. The van der Waals surface area contributed by atoms with Gasteiger partial charge in [-0.15, -0.1) is 0 Å². The van der Waals surface area contributed by atoms with Crippen molar-refractivity contribution in [2.24, 2.45) is 13.0 Å². The van der Waals surface area contributed by atoms with Gasteiger partial charge in [0.15, 0.2) is 0 Å². The number of carbonyl (C=O) groups excluding carboxylic acids is 1. The molecule has 0 saturated heterocycles. The fraction of sp³-hybridized carbons (Fsp3) is 0.571. The highest BCUT2D eigenvalue weighted by Crippen LogP contribution is 2.19. The third kappa shape index (κ3) is 3.58. The molecule has 1 heterocycles. The molecule has 0 saturated carbocycles. The third-order valence-electron chi connectivity index (χ3n) is 3.65. The lowest BCUT2D eigenvalue weighted by atomic mass is 9.88. The summed E-state index contributed by atoms with van der Waals surface area (Å²) in [5, 5.41) is 21.7. The van der Waals surface area contributed by atoms with Crippen LogP contribution in [-0.4, -0.2) is 27.7 Å². The van der Waals surface area contributed by atoms with E-state index in [-0.39, 0.29) is 18.4 Å². The Morgan fingerprint density at radius 3 is 2.79 bits per heavy atom. The highest BCUT2D eigenvalue weighted by molar-refractivity contribution is 5.93. The molecule has 0 aliphatic rings. The molecule has 19 heavy (non-hydrogen) atoms. The van der Waals surface area contributed by atoms with E-state index in [0.717, 1.165) is 6.42 Å². The molecule has 0 bridgehead atoms. The molecule has 1 rings (SSSR count). The van der Waals surface area contributed by atoms with Crippen LogP contribution in [0.3, 0.4) is 0 Å². The smallest absolute Gasteiger partial charge is 0.268 e. The van der Waals surface area contributed by atoms with Crippen LogP contribution in [-0.2, 0) is 7.05 Å². The standard InChI is InChI=1S/C14H21N3O2/c1-5-10(2)14(3,19)9-16-13(18)12-6-11(7-15)8-17(12)4/h6,8,10,19H,5,9H2,1-4H3,(H,16,18). The molecule has 0 aliphatic carbocycles. The molecule has 0 radical (unpaired) electrons. The van der Waals surface area contributed by atoms with Gasteiger partial charge in [-0.05, 0) is 18.9 Å². The number of hydrogen-bond donors (Lipinski definition) is 2. The molecule has 0 aliphatic heterocycles. The summed E-state index contributed by atoms with van der Waals surface area (Å²) in [5.41, 5.74) is -0.0778. The average molecular weight is 263 g/mol. The van der Waals surface area contributed by atoms with Gasteiger partial charge in [0.1, 0.15) is 11.8 Å². The summed E-state index contributed by atoms with van der Waals surface area (Å²) >= 11 is 0. The molecule has 1 aromatic heterocycles. The Labute approximate surface area is 113 Å². The number of aryl methyl sites for hydroxylation is 1. The van der Waals surface area contributed by atoms with Crippen LogP contribution in [0.15, 0.2) is 12.3 Å². The van der Waals surface area contributed by atoms with Crippen molar-refractivity contribution in [1.82, 2.24) is 9.88 Å². The van der Waals surface area contributed by atoms with E-state index >= 15 is 0 Å². The Bertz CT molecular complexity index is 497. The number of rotatable bonds is 5. The van der Waals surface area contributed by atoms with Gasteiger partial charge in [0.05, 0.1) is 11.2 Å². The van der Waals surface area contributed by atoms with Gasteiger partial charge in [-0.25, -0.2) is 0 Å². The second-order valence-electron chi connectivity index (χ2n) is 5.19. The minimum atomic E-state index is -0.937. The maximum Gasteiger partial charge on any atom is 0.268 e. The molecular weight excluding hydrogens is 242 g/mol. The van der Waals surface area contributed by atoms with Crippen LogP contribution in [0.25, 0.3) is 0 Å². The SMILES string of the molecule is CCC(C)C(C)(O)CNC(=O)c1cc(C#N)cn1C. The first-order valence-corrected chi connectivity index (χ1v) is 6.38. The van der Waals surface area contributed by atoms with E-state index < -0.39 is 5.60 Å². The normalized spacial score (nSPS) is 15.4. The number of nitrogens with zero attached hydrogens (tertiary/aromatic N) is 2. The summed E-state index contributed by atoms with van der Waals surface area (Å²) in [4.78, 5) is 12.0. The summed E-state index contributed by atoms with van der Waals surface area (Å²) in [6.07, 6.45) is 2.44. The van der Waals surface area contributed by atoms with Crippen LogP contribution < -0.4 is 5.32 Å². The van der Waals surface area contributed by atoms with Gasteiger partial charge in [-0.3, -0.25) is 4.79 Å². The Morgan fingerprint density at radius 2 is 2.32 bits per heavy atom. The molecule has 0 aromatic carbocycles. The molecule has 5 heteroatoms. The zero-order valence-electron chi connectivity index (χ0n) is 11.9. The topological polar surface area (TPSA) is 78.1 Å². The zero-order chi connectivity index (χ0) is 14.6. The van der Waals surface area contributed by atoms with E-state index in [1.54, 1.807) is 24.7 Å². The van der Waals surface area contributed by atoms with Gasteiger partial charge in [-0.2, -0.15) is 5.26 Å². The number of hydrogen-bond acceptors (Lipinski definition) is 3. The van der Waals surface area contributed by atoms with Gasteiger partial charge in [0, 0.05) is 19.8 Å². The minimum Gasteiger partial charge on any atom is -0.388 e. The summed E-state index contributed by atoms with van der Waals surface area (Å²) < 4.78 is 1.60. The predicted octanol–water partition coefficient (Wildman–Crippen LogP) is 1.42. The quantitative estimate of drug-likeness (QED) is 0.843. The van der Waals surface area contributed by atoms with Crippen LogP contribution in [0.5, 0.6) is 0 Å². The Morgan fingerprint density at radius 1 is 1.68 bits per heavy atom. The van der Waals surface area contributed by atoms with Crippen LogP contribution >= 0.6 is 0 Å². The van der Waals surface area contributed by atoms with Gasteiger partial charge < -0.3 is 15.0 Å². The Kier molecular flexibility index (Phi) is 4.73. The van der Waals surface area contributed by atoms with Crippen LogP contribution in [0.1, 0.15) is 43.2 Å². The van der Waals surface area contributed by atoms with Crippen LogP contribution in [0.2, 0.25) is 0 Å². The number of nitrogens with one attached hydrogen (secondary N) is 1. The fourth-order valence-electron chi connectivity index (χ4n) is 1.82. The van der Waals surface area contributed by atoms with E-state index in [1.165, 1.54) is 6.07 Å². The van der Waals surface area contributed by atoms with Crippen molar-refractivity contribution >= 4 is 5.91 Å². The lowest BCUT2D eigenvalue weighted by Gasteiger charge is -2.29. The first-order chi connectivity index (χ1) is 8.81. The van der Waals surface area contributed by atoms with E-state index in [9.17, 15) is 9.90 Å². The third-order valence-corrected chi connectivity index (χ3v) is 3.65. The maximum absolute atomic E-state index is 12.0. The number of aromatic nitrogens is 1. The lowest BCUT2D eigenvalue weighted by molar-refractivity contribution is 0.00585. The van der Waals surface area contributed by atoms with Gasteiger partial charge in [0.25, 0.3) is 5.91 Å². The molecule has 1 aromatic rings. The second-order valence-corrected chi connectivity index (χ2v) is 5.19. The van der Waals surface area contributed by atoms with Gasteiger partial charge >= 0.3 is 0 Å². The molecule has 104 valence electrons. The molecule has 2 unspecified atom stereocenters. The van der Waals surface area contributed by atoms with Crippen molar-refractivity contribution < 1.29 is 9.90 Å². The maximum atomic E-state index is 12.0. The largest absolute Gasteiger partial charge is 0.388 e. The van der Waals surface area contributed by atoms with E-state index in [1.807, 2.05) is 19.9 Å². The number of nitriles is 1. The van der Waals surface area contributed by atoms with Crippen molar-refractivity contribution in [3.8, 4) is 6.07 Å². The first kappa shape index (κ1) is 15.3.